The van der Waals surface area contributed by atoms with Crippen LogP contribution in [0.3, 0.4) is 0 Å². The average molecular weight is 389 g/mol. The van der Waals surface area contributed by atoms with Crippen LogP contribution in [-0.4, -0.2) is 18.0 Å². The average Bonchev–Trinajstić information content (AvgIpc) is 2.99. The molecule has 0 unspecified atom stereocenters. The van der Waals surface area contributed by atoms with Crippen molar-refractivity contribution in [3.05, 3.63) is 58.9 Å². The van der Waals surface area contributed by atoms with Crippen molar-refractivity contribution in [3.63, 3.8) is 0 Å². The van der Waals surface area contributed by atoms with E-state index < -0.39 is 16.1 Å². The van der Waals surface area contributed by atoms with Gasteiger partial charge in [-0.15, -0.1) is 0 Å². The molecule has 8 heteroatoms. The molecule has 0 radical (unpaired) electrons. The molecule has 3 aromatic rings. The third kappa shape index (κ3) is 3.44. The molecule has 6 nitrogen and oxygen atoms in total. The van der Waals surface area contributed by atoms with Gasteiger partial charge >= 0.3 is 0 Å². The third-order valence-electron chi connectivity index (χ3n) is 4.07. The van der Waals surface area contributed by atoms with Crippen molar-refractivity contribution in [1.29, 1.82) is 5.26 Å². The van der Waals surface area contributed by atoms with E-state index in [1.165, 1.54) is 24.3 Å². The Morgan fingerprint density at radius 3 is 2.58 bits per heavy atom. The van der Waals surface area contributed by atoms with Gasteiger partial charge in [-0.3, -0.25) is 0 Å². The molecule has 0 bridgehead atoms. The lowest BCUT2D eigenvalue weighted by Crippen LogP contribution is -2.28. The van der Waals surface area contributed by atoms with Crippen LogP contribution < -0.4 is 4.72 Å². The molecule has 1 N–H and O–H groups in total. The number of rotatable bonds is 5. The summed E-state index contributed by atoms with van der Waals surface area (Å²) < 4.78 is 29.8. The summed E-state index contributed by atoms with van der Waals surface area (Å²) >= 11 is 5.82. The minimum Gasteiger partial charge on any atom is -0.327 e. The molecule has 0 fully saturated rings. The predicted molar refractivity (Wildman–Crippen MR) is 100 cm³/mol. The topological polar surface area (TPSA) is 87.8 Å². The lowest BCUT2D eigenvalue weighted by molar-refractivity contribution is 0.549. The minimum absolute atomic E-state index is 0.139. The van der Waals surface area contributed by atoms with Crippen molar-refractivity contribution >= 4 is 32.7 Å². The van der Waals surface area contributed by atoms with Crippen LogP contribution in [0.1, 0.15) is 31.3 Å². The number of fused-ring (bicyclic) bond motifs is 1. The van der Waals surface area contributed by atoms with Gasteiger partial charge in [0.2, 0.25) is 10.0 Å². The van der Waals surface area contributed by atoms with E-state index in [1.54, 1.807) is 19.1 Å². The fraction of sp³-hybridized carbons (Fsp3) is 0.222. The van der Waals surface area contributed by atoms with Crippen LogP contribution in [0.4, 0.5) is 0 Å². The number of hydrogen-bond acceptors (Lipinski definition) is 4. The van der Waals surface area contributed by atoms with E-state index >= 15 is 0 Å². The second-order valence-electron chi connectivity index (χ2n) is 5.83. The molecular formula is C18H17ClN4O2S. The van der Waals surface area contributed by atoms with Crippen LogP contribution in [-0.2, 0) is 16.6 Å². The largest absolute Gasteiger partial charge is 0.327 e. The van der Waals surface area contributed by atoms with E-state index in [9.17, 15) is 8.42 Å². The van der Waals surface area contributed by atoms with E-state index in [-0.39, 0.29) is 4.90 Å². The number of nitrogens with zero attached hydrogens (tertiary/aromatic N) is 3. The molecule has 0 aliphatic carbocycles. The Hall–Kier alpha value is -2.40. The van der Waals surface area contributed by atoms with Gasteiger partial charge < -0.3 is 4.57 Å². The zero-order chi connectivity index (χ0) is 18.9. The third-order valence-corrected chi connectivity index (χ3v) is 5.87. The summed E-state index contributed by atoms with van der Waals surface area (Å²) in [6.07, 6.45) is 0. The van der Waals surface area contributed by atoms with Crippen molar-refractivity contribution in [1.82, 2.24) is 14.3 Å². The fourth-order valence-electron chi connectivity index (χ4n) is 2.85. The van der Waals surface area contributed by atoms with Crippen LogP contribution in [0.5, 0.6) is 0 Å². The maximum atomic E-state index is 12.6. The number of sulfonamides is 1. The van der Waals surface area contributed by atoms with Gasteiger partial charge in [0.25, 0.3) is 0 Å². The molecule has 3 rings (SSSR count). The van der Waals surface area contributed by atoms with Gasteiger partial charge in [0.05, 0.1) is 33.6 Å². The Bertz CT molecular complexity index is 1100. The molecule has 134 valence electrons. The van der Waals surface area contributed by atoms with Gasteiger partial charge in [0.1, 0.15) is 5.82 Å². The summed E-state index contributed by atoms with van der Waals surface area (Å²) in [6.45, 7) is 4.33. The molecular weight excluding hydrogens is 372 g/mol. The van der Waals surface area contributed by atoms with E-state index in [2.05, 4.69) is 15.8 Å². The maximum absolute atomic E-state index is 12.6. The first-order valence-corrected chi connectivity index (χ1v) is 9.90. The molecule has 1 atom stereocenters. The van der Waals surface area contributed by atoms with Crippen molar-refractivity contribution in [2.24, 2.45) is 0 Å². The van der Waals surface area contributed by atoms with Gasteiger partial charge in [0, 0.05) is 11.6 Å². The Kier molecular flexibility index (Phi) is 5.01. The quantitative estimate of drug-likeness (QED) is 0.723. The van der Waals surface area contributed by atoms with Crippen molar-refractivity contribution in [3.8, 4) is 6.07 Å². The molecule has 0 aliphatic heterocycles. The Labute approximate surface area is 157 Å². The summed E-state index contributed by atoms with van der Waals surface area (Å²) in [5.74, 6) is 0.593. The van der Waals surface area contributed by atoms with Crippen LogP contribution in [0.15, 0.2) is 47.4 Å². The molecule has 0 saturated heterocycles. The van der Waals surface area contributed by atoms with E-state index in [0.717, 1.165) is 5.52 Å². The van der Waals surface area contributed by atoms with Gasteiger partial charge in [-0.2, -0.15) is 5.26 Å². The first-order chi connectivity index (χ1) is 12.4. The van der Waals surface area contributed by atoms with Crippen molar-refractivity contribution < 1.29 is 8.42 Å². The SMILES string of the molecule is CCn1c([C@@H](C)NS(=O)(=O)c2ccc(Cl)cc2)nc2cc(C#N)ccc21. The molecule has 0 spiro atoms. The molecule has 0 saturated carbocycles. The molecule has 1 heterocycles. The zero-order valence-electron chi connectivity index (χ0n) is 14.3. The summed E-state index contributed by atoms with van der Waals surface area (Å²) in [7, 11) is -3.71. The van der Waals surface area contributed by atoms with E-state index in [4.69, 9.17) is 16.9 Å². The standard InChI is InChI=1S/C18H17ClN4O2S/c1-3-23-17-9-4-13(11-20)10-16(17)21-18(23)12(2)22-26(24,25)15-7-5-14(19)6-8-15/h4-10,12,22H,3H2,1-2H3/t12-/m1/s1. The highest BCUT2D eigenvalue weighted by atomic mass is 35.5. The Morgan fingerprint density at radius 1 is 1.27 bits per heavy atom. The van der Waals surface area contributed by atoms with Crippen molar-refractivity contribution in [2.75, 3.05) is 0 Å². The highest BCUT2D eigenvalue weighted by Gasteiger charge is 2.22. The number of imidazole rings is 1. The highest BCUT2D eigenvalue weighted by molar-refractivity contribution is 7.89. The number of halogens is 1. The number of benzene rings is 2. The summed E-state index contributed by atoms with van der Waals surface area (Å²) in [5.41, 5.74) is 2.04. The van der Waals surface area contributed by atoms with Crippen molar-refractivity contribution in [2.45, 2.75) is 31.3 Å². The van der Waals surface area contributed by atoms with Gasteiger partial charge in [-0.05, 0) is 56.3 Å². The van der Waals surface area contributed by atoms with Crippen LogP contribution >= 0.6 is 11.6 Å². The predicted octanol–water partition coefficient (Wildman–Crippen LogP) is 3.62. The van der Waals surface area contributed by atoms with Crippen LogP contribution in [0, 0.1) is 11.3 Å². The smallest absolute Gasteiger partial charge is 0.241 e. The Morgan fingerprint density at radius 2 is 1.96 bits per heavy atom. The lowest BCUT2D eigenvalue weighted by atomic mass is 10.2. The first-order valence-electron chi connectivity index (χ1n) is 8.04. The number of hydrogen-bond donors (Lipinski definition) is 1. The number of nitriles is 1. The number of nitrogens with one attached hydrogen (secondary N) is 1. The summed E-state index contributed by atoms with van der Waals surface area (Å²) in [6, 6.07) is 12.8. The highest BCUT2D eigenvalue weighted by Crippen LogP contribution is 2.23. The van der Waals surface area contributed by atoms with Crippen LogP contribution in [0.2, 0.25) is 5.02 Å². The van der Waals surface area contributed by atoms with Gasteiger partial charge in [-0.25, -0.2) is 18.1 Å². The van der Waals surface area contributed by atoms with Gasteiger partial charge in [0.15, 0.2) is 0 Å². The molecule has 26 heavy (non-hydrogen) atoms. The second kappa shape index (κ2) is 7.08. The molecule has 0 aliphatic rings. The number of aryl methyl sites for hydroxylation is 1. The monoisotopic (exact) mass is 388 g/mol. The maximum Gasteiger partial charge on any atom is 0.241 e. The fourth-order valence-corrected chi connectivity index (χ4v) is 4.18. The lowest BCUT2D eigenvalue weighted by Gasteiger charge is -2.15. The Balaban J connectivity index is 1.98. The molecule has 1 aromatic heterocycles. The molecule has 2 aromatic carbocycles. The zero-order valence-corrected chi connectivity index (χ0v) is 15.8. The summed E-state index contributed by atoms with van der Waals surface area (Å²) in [5, 5.41) is 9.52. The summed E-state index contributed by atoms with van der Waals surface area (Å²) in [4.78, 5) is 4.69. The second-order valence-corrected chi connectivity index (χ2v) is 7.98. The normalized spacial score (nSPS) is 12.8. The van der Waals surface area contributed by atoms with E-state index in [0.29, 0.717) is 28.5 Å². The van der Waals surface area contributed by atoms with Gasteiger partial charge in [-0.1, -0.05) is 11.6 Å². The minimum atomic E-state index is -3.71. The first kappa shape index (κ1) is 18.4. The van der Waals surface area contributed by atoms with Crippen LogP contribution in [0.25, 0.3) is 11.0 Å². The van der Waals surface area contributed by atoms with E-state index in [1.807, 2.05) is 17.6 Å². The molecule has 0 amide bonds. The number of aromatic nitrogens is 2.